The highest BCUT2D eigenvalue weighted by Gasteiger charge is 2.21. The molecule has 0 saturated heterocycles. The maximum Gasteiger partial charge on any atom is 0.293 e. The zero-order chi connectivity index (χ0) is 8.04. The second kappa shape index (κ2) is 4.28. The number of ether oxygens (including phenoxy) is 1. The number of carbonyl (C=O) groups is 1. The monoisotopic (exact) mass is 146 g/mol. The van der Waals surface area contributed by atoms with Crippen molar-refractivity contribution in [1.29, 1.82) is 0 Å². The highest BCUT2D eigenvalue weighted by molar-refractivity contribution is 5.38. The minimum absolute atomic E-state index is 0.0537. The van der Waals surface area contributed by atoms with Crippen molar-refractivity contribution < 1.29 is 14.6 Å². The molecule has 0 aliphatic carbocycles. The average molecular weight is 146 g/mol. The quantitative estimate of drug-likeness (QED) is 0.581. The van der Waals surface area contributed by atoms with E-state index in [0.29, 0.717) is 12.9 Å². The van der Waals surface area contributed by atoms with E-state index in [1.165, 1.54) is 0 Å². The summed E-state index contributed by atoms with van der Waals surface area (Å²) in [5.74, 6) is 0. The molecule has 0 aromatic carbocycles. The van der Waals surface area contributed by atoms with Gasteiger partial charge in [-0.3, -0.25) is 4.79 Å². The largest absolute Gasteiger partial charge is 0.462 e. The van der Waals surface area contributed by atoms with Crippen molar-refractivity contribution in [3.63, 3.8) is 0 Å². The summed E-state index contributed by atoms with van der Waals surface area (Å²) < 4.78 is 4.78. The first-order chi connectivity index (χ1) is 4.68. The van der Waals surface area contributed by atoms with Crippen molar-refractivity contribution in [2.24, 2.45) is 0 Å². The molecular formula is C7H14O3. The lowest BCUT2D eigenvalue weighted by Gasteiger charge is -2.24. The summed E-state index contributed by atoms with van der Waals surface area (Å²) in [7, 11) is 0. The van der Waals surface area contributed by atoms with Crippen LogP contribution in [0.1, 0.15) is 26.7 Å². The highest BCUT2D eigenvalue weighted by Crippen LogP contribution is 2.17. The molecule has 0 aromatic rings. The van der Waals surface area contributed by atoms with Crippen LogP contribution in [0.5, 0.6) is 0 Å². The molecule has 0 aliphatic rings. The van der Waals surface area contributed by atoms with Gasteiger partial charge in [0.1, 0.15) is 5.60 Å². The van der Waals surface area contributed by atoms with Crippen molar-refractivity contribution in [3.05, 3.63) is 0 Å². The summed E-state index contributed by atoms with van der Waals surface area (Å²) in [6.45, 7) is 4.20. The second-order valence-electron chi connectivity index (χ2n) is 2.49. The number of hydrogen-bond acceptors (Lipinski definition) is 3. The lowest BCUT2D eigenvalue weighted by atomic mass is 10.00. The SMILES string of the molecule is CCC(C)(CCO)OC=O. The molecule has 0 spiro atoms. The highest BCUT2D eigenvalue weighted by atomic mass is 16.5. The second-order valence-corrected chi connectivity index (χ2v) is 2.49. The minimum atomic E-state index is -0.476. The fourth-order valence-electron chi connectivity index (χ4n) is 0.672. The molecule has 10 heavy (non-hydrogen) atoms. The van der Waals surface area contributed by atoms with Gasteiger partial charge in [0.2, 0.25) is 0 Å². The smallest absolute Gasteiger partial charge is 0.293 e. The van der Waals surface area contributed by atoms with Crippen LogP contribution in [0, 0.1) is 0 Å². The van der Waals surface area contributed by atoms with Crippen molar-refractivity contribution in [1.82, 2.24) is 0 Å². The minimum Gasteiger partial charge on any atom is -0.462 e. The Morgan fingerprint density at radius 2 is 2.30 bits per heavy atom. The van der Waals surface area contributed by atoms with Crippen LogP contribution >= 0.6 is 0 Å². The van der Waals surface area contributed by atoms with Crippen LogP contribution in [0.2, 0.25) is 0 Å². The van der Waals surface area contributed by atoms with Gasteiger partial charge in [-0.05, 0) is 13.3 Å². The van der Waals surface area contributed by atoms with Crippen molar-refractivity contribution in [3.8, 4) is 0 Å². The van der Waals surface area contributed by atoms with Gasteiger partial charge < -0.3 is 9.84 Å². The molecule has 60 valence electrons. The Labute approximate surface area is 61.0 Å². The third kappa shape index (κ3) is 2.82. The number of rotatable bonds is 5. The molecule has 0 heterocycles. The van der Waals surface area contributed by atoms with E-state index < -0.39 is 5.60 Å². The summed E-state index contributed by atoms with van der Waals surface area (Å²) >= 11 is 0. The lowest BCUT2D eigenvalue weighted by Crippen LogP contribution is -2.28. The number of aliphatic hydroxyl groups excluding tert-OH is 1. The van der Waals surface area contributed by atoms with Crippen LogP contribution < -0.4 is 0 Å². The summed E-state index contributed by atoms with van der Waals surface area (Å²) in [5.41, 5.74) is -0.476. The van der Waals surface area contributed by atoms with Crippen LogP contribution in [0.25, 0.3) is 0 Å². The van der Waals surface area contributed by atoms with Gasteiger partial charge in [0.05, 0.1) is 0 Å². The van der Waals surface area contributed by atoms with E-state index in [9.17, 15) is 4.79 Å². The maximum absolute atomic E-state index is 9.95. The molecule has 0 fully saturated rings. The van der Waals surface area contributed by atoms with Gasteiger partial charge in [0.25, 0.3) is 6.47 Å². The molecule has 0 amide bonds. The van der Waals surface area contributed by atoms with Gasteiger partial charge in [-0.1, -0.05) is 6.92 Å². The average Bonchev–Trinajstić information content (AvgIpc) is 1.89. The summed E-state index contributed by atoms with van der Waals surface area (Å²) in [4.78, 5) is 9.95. The predicted molar refractivity (Wildman–Crippen MR) is 37.5 cm³/mol. The molecule has 0 bridgehead atoms. The summed E-state index contributed by atoms with van der Waals surface area (Å²) in [6.07, 6.45) is 1.23. The van der Waals surface area contributed by atoms with Crippen LogP contribution in [0.4, 0.5) is 0 Å². The molecule has 0 aromatic heterocycles. The molecular weight excluding hydrogens is 132 g/mol. The van der Waals surface area contributed by atoms with Crippen molar-refractivity contribution in [2.45, 2.75) is 32.3 Å². The molecule has 3 nitrogen and oxygen atoms in total. The fraction of sp³-hybridized carbons (Fsp3) is 0.857. The van der Waals surface area contributed by atoms with E-state index in [4.69, 9.17) is 9.84 Å². The number of hydrogen-bond donors (Lipinski definition) is 1. The number of aliphatic hydroxyl groups is 1. The Morgan fingerprint density at radius 1 is 1.70 bits per heavy atom. The third-order valence-electron chi connectivity index (χ3n) is 1.72. The zero-order valence-corrected chi connectivity index (χ0v) is 6.46. The van der Waals surface area contributed by atoms with E-state index in [2.05, 4.69) is 0 Å². The van der Waals surface area contributed by atoms with E-state index in [0.717, 1.165) is 6.42 Å². The molecule has 3 heteroatoms. The van der Waals surface area contributed by atoms with Crippen LogP contribution in [-0.4, -0.2) is 23.8 Å². The van der Waals surface area contributed by atoms with Gasteiger partial charge in [0.15, 0.2) is 0 Å². The Balaban J connectivity index is 3.80. The molecule has 0 saturated carbocycles. The summed E-state index contributed by atoms with van der Waals surface area (Å²) in [5, 5.41) is 8.56. The lowest BCUT2D eigenvalue weighted by molar-refractivity contribution is -0.143. The van der Waals surface area contributed by atoms with Crippen LogP contribution in [0.3, 0.4) is 0 Å². The van der Waals surface area contributed by atoms with E-state index in [1.54, 1.807) is 6.92 Å². The van der Waals surface area contributed by atoms with Gasteiger partial charge in [0, 0.05) is 13.0 Å². The van der Waals surface area contributed by atoms with Gasteiger partial charge in [-0.15, -0.1) is 0 Å². The summed E-state index contributed by atoms with van der Waals surface area (Å²) in [6, 6.07) is 0. The van der Waals surface area contributed by atoms with Crippen LogP contribution in [0.15, 0.2) is 0 Å². The molecule has 0 aliphatic heterocycles. The Morgan fingerprint density at radius 3 is 2.60 bits per heavy atom. The zero-order valence-electron chi connectivity index (χ0n) is 6.46. The third-order valence-corrected chi connectivity index (χ3v) is 1.72. The first kappa shape index (κ1) is 9.43. The predicted octanol–water partition coefficient (Wildman–Crippen LogP) is 0.710. The standard InChI is InChI=1S/C7H14O3/c1-3-7(2,4-5-8)10-6-9/h6,8H,3-5H2,1-2H3. The van der Waals surface area contributed by atoms with E-state index >= 15 is 0 Å². The van der Waals surface area contributed by atoms with E-state index in [1.807, 2.05) is 6.92 Å². The Hall–Kier alpha value is -0.570. The maximum atomic E-state index is 9.95. The normalized spacial score (nSPS) is 15.9. The Kier molecular flexibility index (Phi) is 4.03. The fourth-order valence-corrected chi connectivity index (χ4v) is 0.672. The van der Waals surface area contributed by atoms with Gasteiger partial charge >= 0.3 is 0 Å². The molecule has 1 N–H and O–H groups in total. The number of carbonyl (C=O) groups excluding carboxylic acids is 1. The molecule has 0 rings (SSSR count). The van der Waals surface area contributed by atoms with Crippen molar-refractivity contribution >= 4 is 6.47 Å². The topological polar surface area (TPSA) is 46.5 Å². The van der Waals surface area contributed by atoms with Crippen LogP contribution in [-0.2, 0) is 9.53 Å². The first-order valence-corrected chi connectivity index (χ1v) is 3.41. The van der Waals surface area contributed by atoms with Gasteiger partial charge in [-0.2, -0.15) is 0 Å². The molecule has 1 atom stereocenters. The van der Waals surface area contributed by atoms with E-state index in [-0.39, 0.29) is 6.61 Å². The first-order valence-electron chi connectivity index (χ1n) is 3.41. The molecule has 1 unspecified atom stereocenters. The van der Waals surface area contributed by atoms with Crippen molar-refractivity contribution in [2.75, 3.05) is 6.61 Å². The van der Waals surface area contributed by atoms with Gasteiger partial charge in [-0.25, -0.2) is 0 Å². The molecule has 0 radical (unpaired) electrons. The Bertz CT molecular complexity index is 103.